The van der Waals surface area contributed by atoms with Gasteiger partial charge in [0.25, 0.3) is 0 Å². The Balaban J connectivity index is 1.90. The van der Waals surface area contributed by atoms with Gasteiger partial charge in [-0.05, 0) is 18.1 Å². The molecule has 0 saturated carbocycles. The van der Waals surface area contributed by atoms with Gasteiger partial charge in [0, 0.05) is 15.4 Å². The largest absolute Gasteiger partial charge is 0.447 e. The third-order valence-electron chi connectivity index (χ3n) is 3.51. The quantitative estimate of drug-likeness (QED) is 0.799. The average Bonchev–Trinajstić information content (AvgIpc) is 3.05. The molecule has 3 rings (SSSR count). The molecule has 1 saturated heterocycles. The molecule has 0 N–H and O–H groups in total. The van der Waals surface area contributed by atoms with Crippen LogP contribution in [0, 0.1) is 5.92 Å². The first-order chi connectivity index (χ1) is 10.1. The number of ether oxygens (including phenoxy) is 1. The van der Waals surface area contributed by atoms with E-state index in [1.807, 2.05) is 29.6 Å². The molecule has 0 spiro atoms. The molecule has 1 fully saturated rings. The number of thiazole rings is 1. The number of cyclic esters (lactones) is 1. The van der Waals surface area contributed by atoms with E-state index in [2.05, 4.69) is 34.8 Å². The lowest BCUT2D eigenvalue weighted by molar-refractivity contribution is 0.177. The molecule has 1 aliphatic rings. The van der Waals surface area contributed by atoms with Crippen molar-refractivity contribution in [2.45, 2.75) is 19.9 Å². The Bertz CT molecular complexity index is 654. The molecule has 1 atom stereocenters. The van der Waals surface area contributed by atoms with Crippen LogP contribution in [0.15, 0.2) is 34.1 Å². The van der Waals surface area contributed by atoms with Gasteiger partial charge in [-0.25, -0.2) is 14.7 Å². The average molecular weight is 367 g/mol. The molecule has 1 unspecified atom stereocenters. The summed E-state index contributed by atoms with van der Waals surface area (Å²) in [5, 5.41) is 2.68. The summed E-state index contributed by atoms with van der Waals surface area (Å²) >= 11 is 4.89. The fraction of sp³-hybridized carbons (Fsp3) is 0.333. The second-order valence-corrected chi connectivity index (χ2v) is 7.03. The maximum Gasteiger partial charge on any atom is 0.416 e. The summed E-state index contributed by atoms with van der Waals surface area (Å²) in [6, 6.07) is 8.03. The van der Waals surface area contributed by atoms with Crippen LogP contribution in [-0.4, -0.2) is 23.7 Å². The predicted octanol–water partition coefficient (Wildman–Crippen LogP) is 4.55. The summed E-state index contributed by atoms with van der Waals surface area (Å²) in [5.41, 5.74) is 1.92. The molecule has 110 valence electrons. The molecule has 0 aliphatic carbocycles. The van der Waals surface area contributed by atoms with Gasteiger partial charge in [0.05, 0.1) is 11.7 Å². The zero-order valence-electron chi connectivity index (χ0n) is 11.7. The summed E-state index contributed by atoms with van der Waals surface area (Å²) in [6.45, 7) is 4.61. The minimum atomic E-state index is -0.301. The first-order valence-corrected chi connectivity index (χ1v) is 8.41. The maximum atomic E-state index is 11.9. The highest BCUT2D eigenvalue weighted by Crippen LogP contribution is 2.33. The van der Waals surface area contributed by atoms with E-state index in [-0.39, 0.29) is 12.1 Å². The number of hydrogen-bond acceptors (Lipinski definition) is 4. The normalized spacial score (nSPS) is 18.4. The van der Waals surface area contributed by atoms with Gasteiger partial charge in [-0.15, -0.1) is 11.3 Å². The van der Waals surface area contributed by atoms with Gasteiger partial charge in [-0.1, -0.05) is 41.9 Å². The van der Waals surface area contributed by atoms with Gasteiger partial charge in [0.2, 0.25) is 0 Å². The van der Waals surface area contributed by atoms with Crippen molar-refractivity contribution in [3.05, 3.63) is 34.1 Å². The highest BCUT2D eigenvalue weighted by atomic mass is 79.9. The van der Waals surface area contributed by atoms with E-state index in [4.69, 9.17) is 4.74 Å². The molecule has 4 nitrogen and oxygen atoms in total. The van der Waals surface area contributed by atoms with Crippen LogP contribution in [0.1, 0.15) is 13.8 Å². The number of benzene rings is 1. The Kier molecular flexibility index (Phi) is 3.99. The van der Waals surface area contributed by atoms with Crippen LogP contribution < -0.4 is 4.90 Å². The summed E-state index contributed by atoms with van der Waals surface area (Å²) in [4.78, 5) is 18.2. The molecule has 1 aromatic heterocycles. The first-order valence-electron chi connectivity index (χ1n) is 6.73. The SMILES string of the molecule is CC(C)C1COC(=O)N1c1nc(-c2ccc(Br)cc2)cs1. The van der Waals surface area contributed by atoms with Gasteiger partial charge in [0.1, 0.15) is 6.61 Å². The number of halogens is 1. The summed E-state index contributed by atoms with van der Waals surface area (Å²) in [6.07, 6.45) is -0.301. The second-order valence-electron chi connectivity index (χ2n) is 5.28. The zero-order valence-corrected chi connectivity index (χ0v) is 14.1. The number of nitrogens with zero attached hydrogens (tertiary/aromatic N) is 2. The van der Waals surface area contributed by atoms with Crippen molar-refractivity contribution in [3.63, 3.8) is 0 Å². The lowest BCUT2D eigenvalue weighted by Gasteiger charge is -2.21. The van der Waals surface area contributed by atoms with Gasteiger partial charge < -0.3 is 4.74 Å². The molecule has 1 aromatic carbocycles. The van der Waals surface area contributed by atoms with Gasteiger partial charge >= 0.3 is 6.09 Å². The molecule has 0 bridgehead atoms. The van der Waals surface area contributed by atoms with Gasteiger partial charge in [-0.2, -0.15) is 0 Å². The summed E-state index contributed by atoms with van der Waals surface area (Å²) in [7, 11) is 0. The molecule has 1 amide bonds. The van der Waals surface area contributed by atoms with Crippen LogP contribution in [0.25, 0.3) is 11.3 Å². The third kappa shape index (κ3) is 2.82. The first kappa shape index (κ1) is 14.5. The Morgan fingerprint density at radius 3 is 2.76 bits per heavy atom. The number of carbonyl (C=O) groups is 1. The molecule has 0 radical (unpaired) electrons. The van der Waals surface area contributed by atoms with Crippen LogP contribution in [-0.2, 0) is 4.74 Å². The fourth-order valence-corrected chi connectivity index (χ4v) is 3.42. The van der Waals surface area contributed by atoms with E-state index in [0.717, 1.165) is 15.7 Å². The summed E-state index contributed by atoms with van der Waals surface area (Å²) < 4.78 is 6.20. The monoisotopic (exact) mass is 366 g/mol. The van der Waals surface area contributed by atoms with Crippen LogP contribution in [0.3, 0.4) is 0 Å². The standard InChI is InChI=1S/C15H15BrN2O2S/c1-9(2)13-7-20-15(19)18(13)14-17-12(8-21-14)10-3-5-11(16)6-4-10/h3-6,8-9,13H,7H2,1-2H3. The van der Waals surface area contributed by atoms with Crippen LogP contribution >= 0.6 is 27.3 Å². The Labute approximate surface area is 135 Å². The molecule has 6 heteroatoms. The lowest BCUT2D eigenvalue weighted by Crippen LogP contribution is -2.37. The third-order valence-corrected chi connectivity index (χ3v) is 4.88. The van der Waals surface area contributed by atoms with Gasteiger partial charge in [-0.3, -0.25) is 0 Å². The van der Waals surface area contributed by atoms with E-state index in [1.165, 1.54) is 11.3 Å². The molecular weight excluding hydrogens is 352 g/mol. The Morgan fingerprint density at radius 1 is 1.38 bits per heavy atom. The van der Waals surface area contributed by atoms with Crippen molar-refractivity contribution in [1.82, 2.24) is 4.98 Å². The zero-order chi connectivity index (χ0) is 15.0. The molecule has 2 heterocycles. The number of hydrogen-bond donors (Lipinski definition) is 0. The van der Waals surface area contributed by atoms with E-state index in [1.54, 1.807) is 4.90 Å². The van der Waals surface area contributed by atoms with Gasteiger partial charge in [0.15, 0.2) is 5.13 Å². The van der Waals surface area contributed by atoms with E-state index < -0.39 is 0 Å². The number of aromatic nitrogens is 1. The van der Waals surface area contributed by atoms with Crippen molar-refractivity contribution >= 4 is 38.5 Å². The number of rotatable bonds is 3. The summed E-state index contributed by atoms with van der Waals surface area (Å²) in [5.74, 6) is 0.330. The number of amides is 1. The predicted molar refractivity (Wildman–Crippen MR) is 87.7 cm³/mol. The number of anilines is 1. The van der Waals surface area contributed by atoms with Crippen molar-refractivity contribution < 1.29 is 9.53 Å². The van der Waals surface area contributed by atoms with Crippen molar-refractivity contribution in [3.8, 4) is 11.3 Å². The van der Waals surface area contributed by atoms with Crippen LogP contribution in [0.5, 0.6) is 0 Å². The Hall–Kier alpha value is -1.40. The van der Waals surface area contributed by atoms with Crippen LogP contribution in [0.2, 0.25) is 0 Å². The molecule has 1 aliphatic heterocycles. The van der Waals surface area contributed by atoms with E-state index in [9.17, 15) is 4.79 Å². The van der Waals surface area contributed by atoms with Crippen molar-refractivity contribution in [2.75, 3.05) is 11.5 Å². The minimum Gasteiger partial charge on any atom is -0.447 e. The number of carbonyl (C=O) groups excluding carboxylic acids is 1. The second kappa shape index (κ2) is 5.77. The van der Waals surface area contributed by atoms with Crippen molar-refractivity contribution in [1.29, 1.82) is 0 Å². The lowest BCUT2D eigenvalue weighted by atomic mass is 10.1. The molecular formula is C15H15BrN2O2S. The van der Waals surface area contributed by atoms with E-state index >= 15 is 0 Å². The minimum absolute atomic E-state index is 0.0569. The highest BCUT2D eigenvalue weighted by Gasteiger charge is 2.37. The topological polar surface area (TPSA) is 42.4 Å². The smallest absolute Gasteiger partial charge is 0.416 e. The molecule has 21 heavy (non-hydrogen) atoms. The molecule has 2 aromatic rings. The fourth-order valence-electron chi connectivity index (χ4n) is 2.27. The van der Waals surface area contributed by atoms with E-state index in [0.29, 0.717) is 17.7 Å². The van der Waals surface area contributed by atoms with Crippen LogP contribution in [0.4, 0.5) is 9.93 Å². The maximum absolute atomic E-state index is 11.9. The highest BCUT2D eigenvalue weighted by molar-refractivity contribution is 9.10. The van der Waals surface area contributed by atoms with Crippen molar-refractivity contribution in [2.24, 2.45) is 5.92 Å². The Morgan fingerprint density at radius 2 is 2.10 bits per heavy atom.